The van der Waals surface area contributed by atoms with Crippen molar-refractivity contribution in [2.75, 3.05) is 19.0 Å². The third-order valence-corrected chi connectivity index (χ3v) is 16.4. The summed E-state index contributed by atoms with van der Waals surface area (Å²) in [4.78, 5) is 66.0. The first-order valence-corrected chi connectivity index (χ1v) is 25.3. The number of benzene rings is 2. The van der Waals surface area contributed by atoms with Crippen molar-refractivity contribution in [1.82, 2.24) is 25.5 Å². The Labute approximate surface area is 381 Å². The number of anilines is 1. The molecule has 0 bridgehead atoms. The molecule has 2 saturated carbocycles. The quantitative estimate of drug-likeness (QED) is 0.0833. The molecule has 348 valence electrons. The normalized spacial score (nSPS) is 25.4. The second-order valence-electron chi connectivity index (χ2n) is 18.0. The van der Waals surface area contributed by atoms with Gasteiger partial charge in [0.2, 0.25) is 19.2 Å². The van der Waals surface area contributed by atoms with E-state index in [-0.39, 0.29) is 38.0 Å². The molecule has 2 aliphatic carbocycles. The number of carbonyl (C=O) groups excluding carboxylic acids is 3. The fourth-order valence-electron chi connectivity index (χ4n) is 9.40. The minimum atomic E-state index is -4.60. The molecule has 3 amide bonds. The number of ether oxygens (including phenoxy) is 3. The molecule has 4 aromatic rings. The maximum absolute atomic E-state index is 15.0. The molecular formula is C47H57F2N6O8PS. The summed E-state index contributed by atoms with van der Waals surface area (Å²) in [6.07, 6.45) is 7.44. The number of aromatic nitrogens is 2. The minimum Gasteiger partial charge on any atom is -0.496 e. The SMILES string of the molecule is COc1ccc2c(O[C@@H]3C[C@H]4C(=O)N[C@]5(P(=O)(O)Cc6c(F)cccc6F)C[C@@H]5/C=C\CCCCC[C@H](NC(=O)OC5CCCC5)C(=O)N4C3)cc(-c3csc(NC(C)C)n3)nc2c1C. The van der Waals surface area contributed by atoms with Crippen molar-refractivity contribution in [3.05, 3.63) is 76.7 Å². The lowest BCUT2D eigenvalue weighted by Crippen LogP contribution is -2.55. The van der Waals surface area contributed by atoms with Gasteiger partial charge in [-0.3, -0.25) is 14.2 Å². The molecule has 1 saturated heterocycles. The van der Waals surface area contributed by atoms with E-state index in [1.165, 1.54) is 22.3 Å². The highest BCUT2D eigenvalue weighted by molar-refractivity contribution is 7.59. The van der Waals surface area contributed by atoms with E-state index in [4.69, 9.17) is 24.2 Å². The Morgan fingerprint density at radius 1 is 1.03 bits per heavy atom. The van der Waals surface area contributed by atoms with Crippen LogP contribution in [0.4, 0.5) is 18.7 Å². The first kappa shape index (κ1) is 46.4. The number of nitrogens with zero attached hydrogens (tertiary/aromatic N) is 3. The number of carbonyl (C=O) groups is 3. The van der Waals surface area contributed by atoms with E-state index >= 15 is 0 Å². The van der Waals surface area contributed by atoms with Gasteiger partial charge in [-0.25, -0.2) is 23.5 Å². The second kappa shape index (κ2) is 19.4. The number of nitrogens with one attached hydrogen (secondary N) is 3. The van der Waals surface area contributed by atoms with Crippen LogP contribution in [-0.2, 0) is 25.1 Å². The molecule has 4 N–H and O–H groups in total. The van der Waals surface area contributed by atoms with E-state index in [0.717, 1.165) is 61.4 Å². The molecule has 2 aromatic heterocycles. The first-order chi connectivity index (χ1) is 31.2. The molecular weight excluding hydrogens is 878 g/mol. The summed E-state index contributed by atoms with van der Waals surface area (Å²) < 4.78 is 62.6. The van der Waals surface area contributed by atoms with E-state index in [2.05, 4.69) is 16.0 Å². The van der Waals surface area contributed by atoms with E-state index in [9.17, 15) is 32.6 Å². The summed E-state index contributed by atoms with van der Waals surface area (Å²) in [5.74, 6) is -2.74. The molecule has 2 aromatic carbocycles. The van der Waals surface area contributed by atoms with Gasteiger partial charge in [-0.15, -0.1) is 11.3 Å². The molecule has 8 rings (SSSR count). The molecule has 65 heavy (non-hydrogen) atoms. The summed E-state index contributed by atoms with van der Waals surface area (Å²) >= 11 is 1.44. The second-order valence-corrected chi connectivity index (χ2v) is 21.3. The number of fused-ring (bicyclic) bond motifs is 3. The average molecular weight is 935 g/mol. The van der Waals surface area contributed by atoms with E-state index in [1.807, 2.05) is 44.4 Å². The van der Waals surface area contributed by atoms with Gasteiger partial charge in [-0.05, 0) is 96.4 Å². The lowest BCUT2D eigenvalue weighted by molar-refractivity contribution is -0.140. The zero-order valence-electron chi connectivity index (χ0n) is 37.1. The molecule has 18 heteroatoms. The van der Waals surface area contributed by atoms with Crippen molar-refractivity contribution in [2.45, 2.75) is 133 Å². The smallest absolute Gasteiger partial charge is 0.408 e. The van der Waals surface area contributed by atoms with Gasteiger partial charge in [0.15, 0.2) is 5.13 Å². The van der Waals surface area contributed by atoms with Gasteiger partial charge in [0.25, 0.3) is 0 Å². The summed E-state index contributed by atoms with van der Waals surface area (Å²) in [7, 11) is -3.02. The predicted molar refractivity (Wildman–Crippen MR) is 244 cm³/mol. The van der Waals surface area contributed by atoms with Crippen LogP contribution in [-0.4, -0.2) is 86.9 Å². The van der Waals surface area contributed by atoms with Gasteiger partial charge in [-0.2, -0.15) is 0 Å². The number of halogens is 2. The van der Waals surface area contributed by atoms with Crippen molar-refractivity contribution >= 4 is 52.6 Å². The van der Waals surface area contributed by atoms with Crippen molar-refractivity contribution < 1.29 is 46.8 Å². The Kier molecular flexibility index (Phi) is 13.8. The van der Waals surface area contributed by atoms with Crippen LogP contribution in [0.5, 0.6) is 11.5 Å². The highest BCUT2D eigenvalue weighted by Gasteiger charge is 2.66. The number of thiazole rings is 1. The zero-order chi connectivity index (χ0) is 46.0. The Bertz CT molecular complexity index is 2500. The van der Waals surface area contributed by atoms with Gasteiger partial charge in [0, 0.05) is 46.3 Å². The molecule has 0 spiro atoms. The number of pyridine rings is 1. The van der Waals surface area contributed by atoms with Crippen LogP contribution in [0, 0.1) is 24.5 Å². The highest BCUT2D eigenvalue weighted by atomic mass is 32.1. The van der Waals surface area contributed by atoms with Gasteiger partial charge in [0.1, 0.15) is 58.4 Å². The van der Waals surface area contributed by atoms with Gasteiger partial charge < -0.3 is 40.0 Å². The number of rotatable bonds is 11. The molecule has 1 unspecified atom stereocenters. The molecule has 0 radical (unpaired) electrons. The lowest BCUT2D eigenvalue weighted by Gasteiger charge is -2.31. The molecule has 4 aliphatic rings. The standard InChI is InChI=1S/C47H57F2N6O8PS/c1-27(2)50-45-52-38(26-65-45)37-22-41(32-19-20-40(61-4)28(3)42(32)51-37)62-31-21-39-43(56)54-47(64(59,60)25-33-34(48)16-12-17-35(33)49)23-29(47)13-8-6-5-7-9-18-36(44(57)55(39)24-31)53-46(58)63-30-14-10-11-15-30/h8,12-13,16-17,19-20,22,26-27,29-31,36,39H,5-7,9-11,14-15,18,21,23-25H2,1-4H3,(H,50,52)(H,53,58)(H,54,56)(H,59,60)/b13-8-/t29-,31+,36-,39-,47-/m0/s1. The number of allylic oxidation sites excluding steroid dienone is 1. The number of alkyl carbamates (subject to hydrolysis) is 1. The van der Waals surface area contributed by atoms with Crippen LogP contribution >= 0.6 is 18.7 Å². The third kappa shape index (κ3) is 10.0. The Morgan fingerprint density at radius 2 is 1.78 bits per heavy atom. The van der Waals surface area contributed by atoms with Crippen molar-refractivity contribution in [3.63, 3.8) is 0 Å². The number of aryl methyl sites for hydroxylation is 1. The molecule has 14 nitrogen and oxygen atoms in total. The highest BCUT2D eigenvalue weighted by Crippen LogP contribution is 2.71. The first-order valence-electron chi connectivity index (χ1n) is 22.5. The van der Waals surface area contributed by atoms with E-state index in [1.54, 1.807) is 19.3 Å². The van der Waals surface area contributed by atoms with E-state index in [0.29, 0.717) is 46.6 Å². The van der Waals surface area contributed by atoms with Crippen molar-refractivity contribution in [1.29, 1.82) is 0 Å². The van der Waals surface area contributed by atoms with E-state index < -0.39 is 78.0 Å². The summed E-state index contributed by atoms with van der Waals surface area (Å²) in [5, 5.41) is 10.5. The zero-order valence-corrected chi connectivity index (χ0v) is 38.8. The van der Waals surface area contributed by atoms with Crippen LogP contribution < -0.4 is 25.4 Å². The fourth-order valence-corrected chi connectivity index (χ4v) is 12.6. The largest absolute Gasteiger partial charge is 0.496 e. The average Bonchev–Trinajstić information content (AvgIpc) is 3.68. The van der Waals surface area contributed by atoms with Crippen molar-refractivity contribution in [2.24, 2.45) is 5.92 Å². The maximum atomic E-state index is 15.0. The third-order valence-electron chi connectivity index (χ3n) is 13.0. The molecule has 3 fully saturated rings. The summed E-state index contributed by atoms with van der Waals surface area (Å²) in [6, 6.07) is 6.55. The van der Waals surface area contributed by atoms with Crippen LogP contribution in [0.1, 0.15) is 95.6 Å². The minimum absolute atomic E-state index is 0.0293. The van der Waals surface area contributed by atoms with Crippen LogP contribution in [0.3, 0.4) is 0 Å². The number of hydrogen-bond donors (Lipinski definition) is 4. The Hall–Kier alpha value is -5.12. The predicted octanol–water partition coefficient (Wildman–Crippen LogP) is 8.98. The number of hydrogen-bond acceptors (Lipinski definition) is 11. The topological polar surface area (TPSA) is 181 Å². The van der Waals surface area contributed by atoms with Gasteiger partial charge in [0.05, 0.1) is 31.0 Å². The van der Waals surface area contributed by atoms with Gasteiger partial charge in [-0.1, -0.05) is 31.1 Å². The lowest BCUT2D eigenvalue weighted by atomic mass is 10.0. The molecule has 2 aliphatic heterocycles. The monoisotopic (exact) mass is 934 g/mol. The molecule has 6 atom stereocenters. The van der Waals surface area contributed by atoms with Crippen LogP contribution in [0.15, 0.2) is 53.9 Å². The summed E-state index contributed by atoms with van der Waals surface area (Å²) in [6.45, 7) is 5.86. The maximum Gasteiger partial charge on any atom is 0.408 e. The Morgan fingerprint density at radius 3 is 2.52 bits per heavy atom. The Balaban J connectivity index is 1.15. The van der Waals surface area contributed by atoms with Gasteiger partial charge >= 0.3 is 6.09 Å². The molecule has 4 heterocycles. The summed E-state index contributed by atoms with van der Waals surface area (Å²) in [5.41, 5.74) is 1.97. The fraction of sp³-hybridized carbons (Fsp3) is 0.511. The van der Waals surface area contributed by atoms with Crippen LogP contribution in [0.2, 0.25) is 0 Å². The van der Waals surface area contributed by atoms with Crippen LogP contribution in [0.25, 0.3) is 22.3 Å². The number of amides is 3. The van der Waals surface area contributed by atoms with Crippen molar-refractivity contribution in [3.8, 4) is 22.9 Å². The number of methoxy groups -OCH3 is 1.